The van der Waals surface area contributed by atoms with Gasteiger partial charge in [0.25, 0.3) is 0 Å². The van der Waals surface area contributed by atoms with Crippen LogP contribution in [0, 0.1) is 0 Å². The van der Waals surface area contributed by atoms with Gasteiger partial charge in [0.05, 0.1) is 12.7 Å². The predicted octanol–water partition coefficient (Wildman–Crippen LogP) is 1.32. The Balaban J connectivity index is 2.45. The topological polar surface area (TPSA) is 69.8 Å². The number of amides is 1. The van der Waals surface area contributed by atoms with Crippen molar-refractivity contribution >= 4 is 5.91 Å². The first-order chi connectivity index (χ1) is 8.30. The molecule has 0 spiro atoms. The molecule has 0 radical (unpaired) electrons. The van der Waals surface area contributed by atoms with E-state index in [4.69, 9.17) is 0 Å². The first kappa shape index (κ1) is 14.7. The second-order valence-corrected chi connectivity index (χ2v) is 5.85. The fourth-order valence-corrected chi connectivity index (χ4v) is 1.78. The SMILES string of the molecule is CC(C)NC(=O)CNCc1cn[nH]c1C(C)(C)C. The molecule has 1 rings (SSSR count). The Morgan fingerprint density at radius 1 is 1.44 bits per heavy atom. The summed E-state index contributed by atoms with van der Waals surface area (Å²) in [5.74, 6) is 0.0193. The Morgan fingerprint density at radius 2 is 2.11 bits per heavy atom. The molecule has 3 N–H and O–H groups in total. The molecule has 0 unspecified atom stereocenters. The van der Waals surface area contributed by atoms with Crippen LogP contribution >= 0.6 is 0 Å². The van der Waals surface area contributed by atoms with Gasteiger partial charge in [0.15, 0.2) is 0 Å². The van der Waals surface area contributed by atoms with E-state index in [1.165, 1.54) is 0 Å². The highest BCUT2D eigenvalue weighted by Crippen LogP contribution is 2.22. The second-order valence-electron chi connectivity index (χ2n) is 5.85. The standard InChI is InChI=1S/C13H24N4O/c1-9(2)16-11(18)8-14-6-10-7-15-17-12(10)13(3,4)5/h7,9,14H,6,8H2,1-5H3,(H,15,17)(H,16,18). The van der Waals surface area contributed by atoms with Crippen LogP contribution in [0.15, 0.2) is 6.20 Å². The van der Waals surface area contributed by atoms with Gasteiger partial charge in [-0.3, -0.25) is 9.89 Å². The highest BCUT2D eigenvalue weighted by molar-refractivity contribution is 5.78. The number of nitrogens with zero attached hydrogens (tertiary/aromatic N) is 1. The number of nitrogens with one attached hydrogen (secondary N) is 3. The van der Waals surface area contributed by atoms with E-state index in [-0.39, 0.29) is 17.4 Å². The zero-order chi connectivity index (χ0) is 13.8. The van der Waals surface area contributed by atoms with Gasteiger partial charge in [-0.15, -0.1) is 0 Å². The van der Waals surface area contributed by atoms with Crippen molar-refractivity contribution in [2.75, 3.05) is 6.54 Å². The summed E-state index contributed by atoms with van der Waals surface area (Å²) in [6.45, 7) is 11.3. The molecule has 0 aromatic carbocycles. The van der Waals surface area contributed by atoms with Crippen molar-refractivity contribution < 1.29 is 4.79 Å². The van der Waals surface area contributed by atoms with Crippen LogP contribution in [0.3, 0.4) is 0 Å². The van der Waals surface area contributed by atoms with E-state index in [1.54, 1.807) is 0 Å². The lowest BCUT2D eigenvalue weighted by Crippen LogP contribution is -2.37. The minimum absolute atomic E-state index is 0.0193. The summed E-state index contributed by atoms with van der Waals surface area (Å²) in [4.78, 5) is 11.5. The zero-order valence-electron chi connectivity index (χ0n) is 11.9. The van der Waals surface area contributed by atoms with Gasteiger partial charge in [0.2, 0.25) is 5.91 Å². The third-order valence-corrected chi connectivity index (χ3v) is 2.52. The number of hydrogen-bond acceptors (Lipinski definition) is 3. The zero-order valence-corrected chi connectivity index (χ0v) is 11.9. The highest BCUT2D eigenvalue weighted by Gasteiger charge is 2.19. The third kappa shape index (κ3) is 4.49. The number of carbonyl (C=O) groups is 1. The number of H-pyrrole nitrogens is 1. The largest absolute Gasteiger partial charge is 0.353 e. The van der Waals surface area contributed by atoms with E-state index in [2.05, 4.69) is 41.6 Å². The van der Waals surface area contributed by atoms with Crippen LogP contribution in [-0.4, -0.2) is 28.7 Å². The fourth-order valence-electron chi connectivity index (χ4n) is 1.78. The molecule has 0 aliphatic heterocycles. The summed E-state index contributed by atoms with van der Waals surface area (Å²) in [5, 5.41) is 13.1. The van der Waals surface area contributed by atoms with Crippen molar-refractivity contribution in [3.05, 3.63) is 17.5 Å². The van der Waals surface area contributed by atoms with Gasteiger partial charge < -0.3 is 10.6 Å². The van der Waals surface area contributed by atoms with E-state index in [0.29, 0.717) is 13.1 Å². The molecule has 5 nitrogen and oxygen atoms in total. The first-order valence-corrected chi connectivity index (χ1v) is 6.33. The maximum absolute atomic E-state index is 11.5. The second kappa shape index (κ2) is 6.00. The summed E-state index contributed by atoms with van der Waals surface area (Å²) in [7, 11) is 0. The molecule has 1 aromatic rings. The Morgan fingerprint density at radius 3 is 2.67 bits per heavy atom. The van der Waals surface area contributed by atoms with Gasteiger partial charge in [-0.05, 0) is 13.8 Å². The van der Waals surface area contributed by atoms with Crippen molar-refractivity contribution in [3.8, 4) is 0 Å². The molecule has 102 valence electrons. The van der Waals surface area contributed by atoms with Gasteiger partial charge >= 0.3 is 0 Å². The summed E-state index contributed by atoms with van der Waals surface area (Å²) in [6.07, 6.45) is 1.81. The van der Waals surface area contributed by atoms with Crippen LogP contribution < -0.4 is 10.6 Å². The molecular formula is C13H24N4O. The molecular weight excluding hydrogens is 228 g/mol. The minimum atomic E-state index is 0.0193. The molecule has 5 heteroatoms. The maximum atomic E-state index is 11.5. The summed E-state index contributed by atoms with van der Waals surface area (Å²) >= 11 is 0. The highest BCUT2D eigenvalue weighted by atomic mass is 16.1. The lowest BCUT2D eigenvalue weighted by molar-refractivity contribution is -0.120. The fraction of sp³-hybridized carbons (Fsp3) is 0.692. The van der Waals surface area contributed by atoms with Crippen molar-refractivity contribution in [1.82, 2.24) is 20.8 Å². The van der Waals surface area contributed by atoms with E-state index in [9.17, 15) is 4.79 Å². The van der Waals surface area contributed by atoms with Crippen LogP contribution in [0.4, 0.5) is 0 Å². The third-order valence-electron chi connectivity index (χ3n) is 2.52. The van der Waals surface area contributed by atoms with E-state index >= 15 is 0 Å². The lowest BCUT2D eigenvalue weighted by atomic mass is 9.89. The molecule has 0 atom stereocenters. The van der Waals surface area contributed by atoms with Crippen LogP contribution in [-0.2, 0) is 16.8 Å². The number of hydrogen-bond donors (Lipinski definition) is 3. The monoisotopic (exact) mass is 252 g/mol. The van der Waals surface area contributed by atoms with Crippen molar-refractivity contribution in [3.63, 3.8) is 0 Å². The van der Waals surface area contributed by atoms with Crippen molar-refractivity contribution in [2.45, 2.75) is 52.6 Å². The molecule has 1 aromatic heterocycles. The smallest absolute Gasteiger partial charge is 0.234 e. The van der Waals surface area contributed by atoms with Gasteiger partial charge in [-0.1, -0.05) is 20.8 Å². The number of carbonyl (C=O) groups excluding carboxylic acids is 1. The van der Waals surface area contributed by atoms with Crippen LogP contribution in [0.1, 0.15) is 45.9 Å². The van der Waals surface area contributed by atoms with Crippen LogP contribution in [0.5, 0.6) is 0 Å². The number of aromatic amines is 1. The van der Waals surface area contributed by atoms with Crippen molar-refractivity contribution in [1.29, 1.82) is 0 Å². The number of aromatic nitrogens is 2. The molecule has 0 bridgehead atoms. The quantitative estimate of drug-likeness (QED) is 0.740. The predicted molar refractivity (Wildman–Crippen MR) is 72.3 cm³/mol. The summed E-state index contributed by atoms with van der Waals surface area (Å²) in [5.41, 5.74) is 2.26. The van der Waals surface area contributed by atoms with E-state index in [0.717, 1.165) is 11.3 Å². The molecule has 0 aliphatic carbocycles. The van der Waals surface area contributed by atoms with E-state index in [1.807, 2.05) is 20.0 Å². The van der Waals surface area contributed by atoms with Crippen LogP contribution in [0.25, 0.3) is 0 Å². The Bertz CT molecular complexity index is 390. The lowest BCUT2D eigenvalue weighted by Gasteiger charge is -2.18. The van der Waals surface area contributed by atoms with Gasteiger partial charge in [0, 0.05) is 29.3 Å². The molecule has 1 heterocycles. The normalized spacial score (nSPS) is 11.9. The molecule has 0 saturated heterocycles. The molecule has 18 heavy (non-hydrogen) atoms. The average Bonchev–Trinajstić information content (AvgIpc) is 2.63. The summed E-state index contributed by atoms with van der Waals surface area (Å²) in [6, 6.07) is 0.179. The Kier molecular flexibility index (Phi) is 4.90. The van der Waals surface area contributed by atoms with Crippen LogP contribution in [0.2, 0.25) is 0 Å². The Hall–Kier alpha value is -1.36. The molecule has 0 saturated carbocycles. The molecule has 1 amide bonds. The minimum Gasteiger partial charge on any atom is -0.353 e. The first-order valence-electron chi connectivity index (χ1n) is 6.33. The molecule has 0 aliphatic rings. The van der Waals surface area contributed by atoms with Gasteiger partial charge in [-0.2, -0.15) is 5.10 Å². The average molecular weight is 252 g/mol. The van der Waals surface area contributed by atoms with Crippen molar-refractivity contribution in [2.24, 2.45) is 0 Å². The van der Waals surface area contributed by atoms with E-state index < -0.39 is 0 Å². The van der Waals surface area contributed by atoms with Gasteiger partial charge in [-0.25, -0.2) is 0 Å². The molecule has 0 fully saturated rings. The summed E-state index contributed by atoms with van der Waals surface area (Å²) < 4.78 is 0. The Labute approximate surface area is 109 Å². The van der Waals surface area contributed by atoms with Gasteiger partial charge in [0.1, 0.15) is 0 Å². The maximum Gasteiger partial charge on any atom is 0.234 e. The number of rotatable bonds is 5.